The number of aldehydes is 1. The zero-order chi connectivity index (χ0) is 12.1. The number of hydrogen-bond donors (Lipinski definition) is 1. The van der Waals surface area contributed by atoms with Crippen LogP contribution in [0.4, 0.5) is 0 Å². The van der Waals surface area contributed by atoms with E-state index in [2.05, 4.69) is 0 Å². The highest BCUT2D eigenvalue weighted by Gasteiger charge is 2.17. The van der Waals surface area contributed by atoms with E-state index < -0.39 is 0 Å². The molecule has 0 saturated heterocycles. The third kappa shape index (κ3) is 2.28. The summed E-state index contributed by atoms with van der Waals surface area (Å²) >= 11 is 5.97. The number of rotatable bonds is 5. The van der Waals surface area contributed by atoms with E-state index in [1.165, 1.54) is 14.2 Å². The molecule has 0 aliphatic heterocycles. The maximum Gasteiger partial charge on any atom is 0.173 e. The summed E-state index contributed by atoms with van der Waals surface area (Å²) in [5.41, 5.74) is 6.61. The van der Waals surface area contributed by atoms with Gasteiger partial charge in [0, 0.05) is 5.56 Å². The Morgan fingerprint density at radius 3 is 2.44 bits per heavy atom. The van der Waals surface area contributed by atoms with Gasteiger partial charge in [-0.3, -0.25) is 4.79 Å². The van der Waals surface area contributed by atoms with E-state index >= 15 is 0 Å². The first-order valence-electron chi connectivity index (χ1n) is 4.78. The topological polar surface area (TPSA) is 61.5 Å². The van der Waals surface area contributed by atoms with E-state index in [-0.39, 0.29) is 0 Å². The zero-order valence-corrected chi connectivity index (χ0v) is 10.0. The Labute approximate surface area is 99.3 Å². The van der Waals surface area contributed by atoms with Crippen LogP contribution in [0.3, 0.4) is 0 Å². The van der Waals surface area contributed by atoms with Crippen LogP contribution in [0.5, 0.6) is 11.5 Å². The largest absolute Gasteiger partial charge is 0.493 e. The van der Waals surface area contributed by atoms with E-state index in [0.29, 0.717) is 41.3 Å². The third-order valence-corrected chi connectivity index (χ3v) is 2.55. The van der Waals surface area contributed by atoms with Crippen molar-refractivity contribution in [2.45, 2.75) is 6.42 Å². The fourth-order valence-corrected chi connectivity index (χ4v) is 1.81. The summed E-state index contributed by atoms with van der Waals surface area (Å²) in [4.78, 5) is 10.9. The molecule has 0 unspecified atom stereocenters. The molecule has 5 heteroatoms. The van der Waals surface area contributed by atoms with Gasteiger partial charge in [-0.15, -0.1) is 0 Å². The van der Waals surface area contributed by atoms with Crippen LogP contribution in [0.15, 0.2) is 6.07 Å². The number of hydrogen-bond acceptors (Lipinski definition) is 4. The number of carbonyl (C=O) groups is 1. The van der Waals surface area contributed by atoms with Crippen molar-refractivity contribution in [2.75, 3.05) is 20.8 Å². The molecule has 16 heavy (non-hydrogen) atoms. The Morgan fingerprint density at radius 2 is 2.00 bits per heavy atom. The summed E-state index contributed by atoms with van der Waals surface area (Å²) in [6.45, 7) is 0.469. The first kappa shape index (κ1) is 12.8. The van der Waals surface area contributed by atoms with Crippen LogP contribution in [0.2, 0.25) is 5.02 Å². The van der Waals surface area contributed by atoms with Crippen molar-refractivity contribution in [2.24, 2.45) is 5.73 Å². The number of halogens is 1. The molecule has 0 saturated carbocycles. The summed E-state index contributed by atoms with van der Waals surface area (Å²) < 4.78 is 10.4. The first-order chi connectivity index (χ1) is 7.69. The molecule has 0 amide bonds. The summed E-state index contributed by atoms with van der Waals surface area (Å²) in [6.07, 6.45) is 1.26. The van der Waals surface area contributed by atoms with Crippen molar-refractivity contribution in [3.8, 4) is 11.5 Å². The molecular weight excluding hydrogens is 230 g/mol. The quantitative estimate of drug-likeness (QED) is 0.800. The summed E-state index contributed by atoms with van der Waals surface area (Å²) in [5, 5.41) is 0.344. The van der Waals surface area contributed by atoms with Crippen LogP contribution in [-0.2, 0) is 6.42 Å². The Morgan fingerprint density at radius 1 is 1.38 bits per heavy atom. The lowest BCUT2D eigenvalue weighted by atomic mass is 10.1. The average molecular weight is 244 g/mol. The van der Waals surface area contributed by atoms with Crippen LogP contribution in [0, 0.1) is 0 Å². The fourth-order valence-electron chi connectivity index (χ4n) is 1.55. The van der Waals surface area contributed by atoms with Gasteiger partial charge in [0.2, 0.25) is 0 Å². The van der Waals surface area contributed by atoms with Gasteiger partial charge in [0.05, 0.1) is 24.8 Å². The second kappa shape index (κ2) is 5.72. The third-order valence-electron chi connectivity index (χ3n) is 2.24. The van der Waals surface area contributed by atoms with Gasteiger partial charge < -0.3 is 15.2 Å². The van der Waals surface area contributed by atoms with Crippen LogP contribution >= 0.6 is 11.6 Å². The fraction of sp³-hybridized carbons (Fsp3) is 0.364. The average Bonchev–Trinajstić information content (AvgIpc) is 2.28. The smallest absolute Gasteiger partial charge is 0.173 e. The molecule has 0 spiro atoms. The maximum atomic E-state index is 10.9. The van der Waals surface area contributed by atoms with Crippen LogP contribution < -0.4 is 15.2 Å². The van der Waals surface area contributed by atoms with Crippen molar-refractivity contribution in [3.63, 3.8) is 0 Å². The van der Waals surface area contributed by atoms with Gasteiger partial charge in [-0.1, -0.05) is 11.6 Å². The number of benzene rings is 1. The Kier molecular flexibility index (Phi) is 4.58. The second-order valence-electron chi connectivity index (χ2n) is 3.15. The molecule has 2 N–H and O–H groups in total. The van der Waals surface area contributed by atoms with E-state index in [4.69, 9.17) is 26.8 Å². The lowest BCUT2D eigenvalue weighted by Gasteiger charge is -2.15. The molecule has 0 atom stereocenters. The maximum absolute atomic E-state index is 10.9. The van der Waals surface area contributed by atoms with Gasteiger partial charge >= 0.3 is 0 Å². The lowest BCUT2D eigenvalue weighted by Crippen LogP contribution is -2.06. The van der Waals surface area contributed by atoms with E-state index in [9.17, 15) is 4.79 Å². The number of methoxy groups -OCH3 is 2. The molecular formula is C11H14ClNO3. The molecule has 88 valence electrons. The Hall–Kier alpha value is -1.26. The Bertz CT molecular complexity index is 393. The molecule has 1 aromatic rings. The monoisotopic (exact) mass is 243 g/mol. The van der Waals surface area contributed by atoms with Gasteiger partial charge in [-0.25, -0.2) is 0 Å². The number of nitrogens with two attached hydrogens (primary N) is 1. The van der Waals surface area contributed by atoms with Crippen LogP contribution in [0.25, 0.3) is 0 Å². The van der Waals surface area contributed by atoms with E-state index in [0.717, 1.165) is 5.56 Å². The number of ether oxygens (including phenoxy) is 2. The number of carbonyl (C=O) groups excluding carboxylic acids is 1. The highest BCUT2D eigenvalue weighted by atomic mass is 35.5. The molecule has 0 aliphatic rings. The van der Waals surface area contributed by atoms with Crippen LogP contribution in [-0.4, -0.2) is 27.1 Å². The van der Waals surface area contributed by atoms with Crippen molar-refractivity contribution in [3.05, 3.63) is 22.2 Å². The van der Waals surface area contributed by atoms with Gasteiger partial charge in [0.15, 0.2) is 17.8 Å². The second-order valence-corrected chi connectivity index (χ2v) is 3.56. The first-order valence-corrected chi connectivity index (χ1v) is 5.16. The Balaban J connectivity index is 3.43. The van der Waals surface area contributed by atoms with Gasteiger partial charge in [-0.05, 0) is 19.0 Å². The van der Waals surface area contributed by atoms with Gasteiger partial charge in [0.25, 0.3) is 0 Å². The van der Waals surface area contributed by atoms with E-state index in [1.807, 2.05) is 0 Å². The molecule has 1 rings (SSSR count). The predicted octanol–water partition coefficient (Wildman–Crippen LogP) is 1.67. The highest BCUT2D eigenvalue weighted by molar-refractivity contribution is 6.33. The van der Waals surface area contributed by atoms with Gasteiger partial charge in [0.1, 0.15) is 0 Å². The molecule has 0 radical (unpaired) electrons. The molecule has 1 aromatic carbocycles. The molecule has 0 aliphatic carbocycles. The summed E-state index contributed by atoms with van der Waals surface area (Å²) in [7, 11) is 2.98. The lowest BCUT2D eigenvalue weighted by molar-refractivity contribution is 0.112. The molecule has 0 bridgehead atoms. The predicted molar refractivity (Wildman–Crippen MR) is 62.7 cm³/mol. The van der Waals surface area contributed by atoms with Crippen molar-refractivity contribution in [1.29, 1.82) is 0 Å². The minimum Gasteiger partial charge on any atom is -0.493 e. The van der Waals surface area contributed by atoms with Crippen molar-refractivity contribution >= 4 is 17.9 Å². The summed E-state index contributed by atoms with van der Waals surface area (Å²) in [5.74, 6) is 0.868. The van der Waals surface area contributed by atoms with Crippen molar-refractivity contribution in [1.82, 2.24) is 0 Å². The molecule has 0 heterocycles. The highest BCUT2D eigenvalue weighted by Crippen LogP contribution is 2.38. The van der Waals surface area contributed by atoms with Crippen molar-refractivity contribution < 1.29 is 14.3 Å². The normalized spacial score (nSPS) is 10.0. The zero-order valence-electron chi connectivity index (χ0n) is 9.25. The van der Waals surface area contributed by atoms with Crippen LogP contribution in [0.1, 0.15) is 15.9 Å². The molecule has 4 nitrogen and oxygen atoms in total. The van der Waals surface area contributed by atoms with E-state index in [1.54, 1.807) is 6.07 Å². The minimum absolute atomic E-state index is 0.293. The van der Waals surface area contributed by atoms with Gasteiger partial charge in [-0.2, -0.15) is 0 Å². The summed E-state index contributed by atoms with van der Waals surface area (Å²) in [6, 6.07) is 1.68. The molecule has 0 fully saturated rings. The SMILES string of the molecule is COc1c(CCN)cc(Cl)c(C=O)c1OC. The standard InChI is InChI=1S/C11H14ClNO3/c1-15-10-7(3-4-13)5-9(12)8(6-14)11(10)16-2/h5-6H,3-4,13H2,1-2H3. The minimum atomic E-state index is 0.293. The molecule has 0 aromatic heterocycles.